The Bertz CT molecular complexity index is 326. The first-order chi connectivity index (χ1) is 7.65. The van der Waals surface area contributed by atoms with E-state index in [1.165, 1.54) is 6.07 Å². The number of anilines is 1. The lowest BCUT2D eigenvalue weighted by molar-refractivity contribution is 0.405. The lowest BCUT2D eigenvalue weighted by Gasteiger charge is -2.13. The SMILES string of the molecule is CN(C)CCCNc1cccc(F)c1CN. The van der Waals surface area contributed by atoms with Crippen LogP contribution in [0.2, 0.25) is 0 Å². The molecule has 0 radical (unpaired) electrons. The molecular formula is C12H20FN3. The lowest BCUT2D eigenvalue weighted by atomic mass is 10.1. The average Bonchev–Trinajstić information content (AvgIpc) is 2.24. The van der Waals surface area contributed by atoms with Gasteiger partial charge in [-0.15, -0.1) is 0 Å². The summed E-state index contributed by atoms with van der Waals surface area (Å²) in [4.78, 5) is 2.12. The number of hydrogen-bond donors (Lipinski definition) is 2. The van der Waals surface area contributed by atoms with E-state index in [1.807, 2.05) is 20.2 Å². The summed E-state index contributed by atoms with van der Waals surface area (Å²) in [6, 6.07) is 5.00. The molecule has 3 N–H and O–H groups in total. The van der Waals surface area contributed by atoms with Crippen molar-refractivity contribution in [2.45, 2.75) is 13.0 Å². The Kier molecular flexibility index (Phi) is 5.22. The molecule has 1 aromatic rings. The molecule has 0 heterocycles. The fourth-order valence-corrected chi connectivity index (χ4v) is 1.55. The molecule has 1 rings (SSSR count). The van der Waals surface area contributed by atoms with E-state index in [-0.39, 0.29) is 12.4 Å². The van der Waals surface area contributed by atoms with E-state index in [0.29, 0.717) is 5.56 Å². The minimum absolute atomic E-state index is 0.225. The molecule has 0 spiro atoms. The van der Waals surface area contributed by atoms with E-state index >= 15 is 0 Å². The van der Waals surface area contributed by atoms with Crippen molar-refractivity contribution in [3.8, 4) is 0 Å². The standard InChI is InChI=1S/C12H20FN3/c1-16(2)8-4-7-15-12-6-3-5-11(13)10(12)9-14/h3,5-6,15H,4,7-9,14H2,1-2H3. The van der Waals surface area contributed by atoms with Gasteiger partial charge in [0.05, 0.1) is 0 Å². The second-order valence-electron chi connectivity index (χ2n) is 4.05. The summed E-state index contributed by atoms with van der Waals surface area (Å²) in [5.41, 5.74) is 6.88. The average molecular weight is 225 g/mol. The third-order valence-corrected chi connectivity index (χ3v) is 2.42. The van der Waals surface area contributed by atoms with Crippen molar-refractivity contribution < 1.29 is 4.39 Å². The van der Waals surface area contributed by atoms with Crippen LogP contribution in [0.1, 0.15) is 12.0 Å². The number of rotatable bonds is 6. The highest BCUT2D eigenvalue weighted by Crippen LogP contribution is 2.17. The Labute approximate surface area is 96.4 Å². The molecule has 90 valence electrons. The number of benzene rings is 1. The Hall–Kier alpha value is -1.13. The van der Waals surface area contributed by atoms with E-state index in [4.69, 9.17) is 5.73 Å². The van der Waals surface area contributed by atoms with Gasteiger partial charge in [-0.25, -0.2) is 4.39 Å². The Morgan fingerprint density at radius 1 is 1.38 bits per heavy atom. The monoisotopic (exact) mass is 225 g/mol. The highest BCUT2D eigenvalue weighted by molar-refractivity contribution is 5.51. The largest absolute Gasteiger partial charge is 0.385 e. The number of nitrogens with zero attached hydrogens (tertiary/aromatic N) is 1. The summed E-state index contributed by atoms with van der Waals surface area (Å²) in [6.07, 6.45) is 1.02. The Morgan fingerprint density at radius 2 is 2.12 bits per heavy atom. The second-order valence-corrected chi connectivity index (χ2v) is 4.05. The van der Waals surface area contributed by atoms with E-state index < -0.39 is 0 Å². The van der Waals surface area contributed by atoms with Gasteiger partial charge in [0, 0.05) is 24.3 Å². The summed E-state index contributed by atoms with van der Waals surface area (Å²) in [5, 5.41) is 3.21. The minimum atomic E-state index is -0.236. The normalized spacial score (nSPS) is 10.8. The van der Waals surface area contributed by atoms with Gasteiger partial charge >= 0.3 is 0 Å². The lowest BCUT2D eigenvalue weighted by Crippen LogP contribution is -2.17. The fourth-order valence-electron chi connectivity index (χ4n) is 1.55. The molecule has 0 aliphatic carbocycles. The van der Waals surface area contributed by atoms with Crippen LogP contribution < -0.4 is 11.1 Å². The molecule has 3 nitrogen and oxygen atoms in total. The smallest absolute Gasteiger partial charge is 0.129 e. The zero-order valence-electron chi connectivity index (χ0n) is 9.96. The van der Waals surface area contributed by atoms with Gasteiger partial charge < -0.3 is 16.0 Å². The number of nitrogens with one attached hydrogen (secondary N) is 1. The van der Waals surface area contributed by atoms with E-state index in [0.717, 1.165) is 25.2 Å². The zero-order valence-corrected chi connectivity index (χ0v) is 9.96. The van der Waals surface area contributed by atoms with Crippen molar-refractivity contribution in [3.63, 3.8) is 0 Å². The van der Waals surface area contributed by atoms with Gasteiger partial charge in [-0.3, -0.25) is 0 Å². The first-order valence-corrected chi connectivity index (χ1v) is 5.51. The summed E-state index contributed by atoms with van der Waals surface area (Å²) in [7, 11) is 4.07. The van der Waals surface area contributed by atoms with E-state index in [9.17, 15) is 4.39 Å². The molecule has 0 saturated heterocycles. The molecule has 0 saturated carbocycles. The first-order valence-electron chi connectivity index (χ1n) is 5.51. The molecule has 4 heteroatoms. The first kappa shape index (κ1) is 12.9. The van der Waals surface area contributed by atoms with Crippen LogP contribution in [0, 0.1) is 5.82 Å². The molecule has 0 bridgehead atoms. The van der Waals surface area contributed by atoms with Crippen molar-refractivity contribution in [3.05, 3.63) is 29.6 Å². The van der Waals surface area contributed by atoms with Crippen molar-refractivity contribution in [2.24, 2.45) is 5.73 Å². The van der Waals surface area contributed by atoms with Gasteiger partial charge in [0.25, 0.3) is 0 Å². The maximum absolute atomic E-state index is 13.4. The molecule has 0 aromatic heterocycles. The molecule has 1 aromatic carbocycles. The van der Waals surface area contributed by atoms with Gasteiger partial charge in [-0.1, -0.05) is 6.07 Å². The molecule has 0 unspecified atom stereocenters. The molecule has 0 aliphatic heterocycles. The van der Waals surface area contributed by atoms with Gasteiger partial charge in [0.2, 0.25) is 0 Å². The maximum Gasteiger partial charge on any atom is 0.129 e. The molecule has 16 heavy (non-hydrogen) atoms. The third kappa shape index (κ3) is 3.79. The quantitative estimate of drug-likeness (QED) is 0.723. The van der Waals surface area contributed by atoms with Crippen LogP contribution >= 0.6 is 0 Å². The number of nitrogens with two attached hydrogens (primary N) is 1. The highest BCUT2D eigenvalue weighted by atomic mass is 19.1. The van der Waals surface area contributed by atoms with Gasteiger partial charge in [0.1, 0.15) is 5.82 Å². The van der Waals surface area contributed by atoms with Crippen LogP contribution in [0.4, 0.5) is 10.1 Å². The van der Waals surface area contributed by atoms with Crippen LogP contribution in [0.25, 0.3) is 0 Å². The fraction of sp³-hybridized carbons (Fsp3) is 0.500. The van der Waals surface area contributed by atoms with Crippen LogP contribution in [0.15, 0.2) is 18.2 Å². The van der Waals surface area contributed by atoms with Crippen LogP contribution in [-0.4, -0.2) is 32.1 Å². The summed E-state index contributed by atoms with van der Waals surface area (Å²) in [6.45, 7) is 2.07. The summed E-state index contributed by atoms with van der Waals surface area (Å²) >= 11 is 0. The topological polar surface area (TPSA) is 41.3 Å². The molecule has 0 aliphatic rings. The van der Waals surface area contributed by atoms with E-state index in [1.54, 1.807) is 6.07 Å². The van der Waals surface area contributed by atoms with Crippen LogP contribution in [0.3, 0.4) is 0 Å². The van der Waals surface area contributed by atoms with Crippen LogP contribution in [-0.2, 0) is 6.54 Å². The third-order valence-electron chi connectivity index (χ3n) is 2.42. The molecule has 0 atom stereocenters. The van der Waals surface area contributed by atoms with Crippen molar-refractivity contribution in [1.82, 2.24) is 4.90 Å². The van der Waals surface area contributed by atoms with Crippen molar-refractivity contribution in [1.29, 1.82) is 0 Å². The summed E-state index contributed by atoms with van der Waals surface area (Å²) in [5.74, 6) is -0.236. The van der Waals surface area contributed by atoms with Gasteiger partial charge in [0.15, 0.2) is 0 Å². The Morgan fingerprint density at radius 3 is 2.75 bits per heavy atom. The van der Waals surface area contributed by atoms with Crippen LogP contribution in [0.5, 0.6) is 0 Å². The van der Waals surface area contributed by atoms with Crippen molar-refractivity contribution in [2.75, 3.05) is 32.5 Å². The molecular weight excluding hydrogens is 205 g/mol. The van der Waals surface area contributed by atoms with Gasteiger partial charge in [-0.2, -0.15) is 0 Å². The maximum atomic E-state index is 13.4. The number of halogens is 1. The Balaban J connectivity index is 2.50. The highest BCUT2D eigenvalue weighted by Gasteiger charge is 2.05. The molecule has 0 fully saturated rings. The minimum Gasteiger partial charge on any atom is -0.385 e. The summed E-state index contributed by atoms with van der Waals surface area (Å²) < 4.78 is 13.4. The molecule has 0 amide bonds. The second kappa shape index (κ2) is 6.45. The zero-order chi connectivity index (χ0) is 12.0. The van der Waals surface area contributed by atoms with E-state index in [2.05, 4.69) is 10.2 Å². The predicted molar refractivity (Wildman–Crippen MR) is 66.0 cm³/mol. The van der Waals surface area contributed by atoms with Crippen molar-refractivity contribution >= 4 is 5.69 Å². The predicted octanol–water partition coefficient (Wildman–Crippen LogP) is 1.65. The van der Waals surface area contributed by atoms with Gasteiger partial charge in [-0.05, 0) is 39.2 Å². The number of hydrogen-bond acceptors (Lipinski definition) is 3.